The number of aliphatic hydroxyl groups excluding tert-OH is 1. The van der Waals surface area contributed by atoms with Gasteiger partial charge in [-0.25, -0.2) is 4.98 Å². The van der Waals surface area contributed by atoms with E-state index in [0.717, 1.165) is 11.1 Å². The monoisotopic (exact) mass is 327 g/mol. The first-order chi connectivity index (χ1) is 11.5. The predicted octanol–water partition coefficient (Wildman–Crippen LogP) is 1.09. The summed E-state index contributed by atoms with van der Waals surface area (Å²) >= 11 is 0. The molecule has 24 heavy (non-hydrogen) atoms. The number of aryl methyl sites for hydroxylation is 2. The van der Waals surface area contributed by atoms with Crippen LogP contribution in [0.5, 0.6) is 0 Å². The van der Waals surface area contributed by atoms with Crippen LogP contribution in [-0.4, -0.2) is 27.1 Å². The molecule has 1 heterocycles. The maximum absolute atomic E-state index is 12.3. The first-order valence-corrected chi connectivity index (χ1v) is 8.07. The normalized spacial score (nSPS) is 19.1. The third kappa shape index (κ3) is 3.23. The molecule has 126 valence electrons. The number of amides is 1. The number of fused-ring (bicyclic) bond motifs is 1. The lowest BCUT2D eigenvalue weighted by atomic mass is 10.1. The molecule has 6 heteroatoms. The minimum absolute atomic E-state index is 0.181. The fourth-order valence-electron chi connectivity index (χ4n) is 3.28. The van der Waals surface area contributed by atoms with Crippen molar-refractivity contribution in [1.29, 1.82) is 0 Å². The number of benzene rings is 1. The number of H-pyrrole nitrogens is 1. The Morgan fingerprint density at radius 2 is 2.12 bits per heavy atom. The Morgan fingerprint density at radius 1 is 1.38 bits per heavy atom. The zero-order valence-electron chi connectivity index (χ0n) is 13.8. The lowest BCUT2D eigenvalue weighted by molar-refractivity contribution is -0.122. The van der Waals surface area contributed by atoms with Gasteiger partial charge < -0.3 is 15.4 Å². The molecule has 2 unspecified atom stereocenters. The fourth-order valence-corrected chi connectivity index (χ4v) is 3.28. The van der Waals surface area contributed by atoms with E-state index in [9.17, 15) is 14.7 Å². The van der Waals surface area contributed by atoms with E-state index in [0.29, 0.717) is 29.9 Å². The number of aliphatic hydroxyl groups is 1. The van der Waals surface area contributed by atoms with Crippen LogP contribution in [0.3, 0.4) is 0 Å². The van der Waals surface area contributed by atoms with Crippen molar-refractivity contribution in [1.82, 2.24) is 15.3 Å². The van der Waals surface area contributed by atoms with Gasteiger partial charge in [-0.05, 0) is 31.4 Å². The van der Waals surface area contributed by atoms with Gasteiger partial charge in [0.2, 0.25) is 5.91 Å². The molecule has 0 spiro atoms. The van der Waals surface area contributed by atoms with Crippen molar-refractivity contribution in [2.45, 2.75) is 45.3 Å². The highest BCUT2D eigenvalue weighted by Gasteiger charge is 2.31. The van der Waals surface area contributed by atoms with Gasteiger partial charge >= 0.3 is 0 Å². The maximum Gasteiger partial charge on any atom is 0.254 e. The van der Waals surface area contributed by atoms with Crippen molar-refractivity contribution in [3.8, 4) is 0 Å². The van der Waals surface area contributed by atoms with E-state index in [4.69, 9.17) is 0 Å². The lowest BCUT2D eigenvalue weighted by Crippen LogP contribution is -2.34. The summed E-state index contributed by atoms with van der Waals surface area (Å²) in [7, 11) is 0. The molecule has 1 aromatic heterocycles. The van der Waals surface area contributed by atoms with Gasteiger partial charge in [-0.3, -0.25) is 9.59 Å². The van der Waals surface area contributed by atoms with Gasteiger partial charge in [0.25, 0.3) is 5.56 Å². The highest BCUT2D eigenvalue weighted by atomic mass is 16.3. The number of aromatic amines is 1. The number of aromatic nitrogens is 2. The van der Waals surface area contributed by atoms with Gasteiger partial charge in [-0.2, -0.15) is 0 Å². The number of hydrogen-bond donors (Lipinski definition) is 3. The van der Waals surface area contributed by atoms with Crippen LogP contribution < -0.4 is 10.9 Å². The number of carbonyl (C=O) groups excluding carboxylic acids is 1. The van der Waals surface area contributed by atoms with E-state index in [1.165, 1.54) is 0 Å². The second kappa shape index (κ2) is 6.57. The van der Waals surface area contributed by atoms with Gasteiger partial charge in [0.05, 0.1) is 12.1 Å². The van der Waals surface area contributed by atoms with Crippen LogP contribution >= 0.6 is 0 Å². The largest absolute Gasteiger partial charge is 0.390 e. The molecule has 1 aliphatic rings. The number of nitrogens with one attached hydrogen (secondary N) is 2. The molecule has 3 N–H and O–H groups in total. The van der Waals surface area contributed by atoms with Crippen molar-refractivity contribution >= 4 is 5.91 Å². The van der Waals surface area contributed by atoms with Gasteiger partial charge in [0, 0.05) is 24.1 Å². The SMILES string of the molecule is Cc1nc(C)c(CCC(=O)NC2c3ccccc3CC2O)c(=O)[nH]1. The van der Waals surface area contributed by atoms with E-state index >= 15 is 0 Å². The van der Waals surface area contributed by atoms with Crippen LogP contribution in [0.2, 0.25) is 0 Å². The predicted molar refractivity (Wildman–Crippen MR) is 89.7 cm³/mol. The molecule has 0 saturated carbocycles. The molecule has 0 aliphatic heterocycles. The zero-order chi connectivity index (χ0) is 17.3. The van der Waals surface area contributed by atoms with Crippen molar-refractivity contribution < 1.29 is 9.90 Å². The number of hydrogen-bond acceptors (Lipinski definition) is 4. The number of nitrogens with zero attached hydrogens (tertiary/aromatic N) is 1. The van der Waals surface area contributed by atoms with Gasteiger partial charge in [-0.1, -0.05) is 24.3 Å². The molecule has 1 aliphatic carbocycles. The topological polar surface area (TPSA) is 95.1 Å². The fraction of sp³-hybridized carbons (Fsp3) is 0.389. The highest BCUT2D eigenvalue weighted by Crippen LogP contribution is 2.31. The van der Waals surface area contributed by atoms with Crippen LogP contribution in [0.25, 0.3) is 0 Å². The summed E-state index contributed by atoms with van der Waals surface area (Å²) in [6.45, 7) is 3.50. The Morgan fingerprint density at radius 3 is 2.88 bits per heavy atom. The minimum atomic E-state index is -0.613. The van der Waals surface area contributed by atoms with Crippen molar-refractivity contribution in [2.24, 2.45) is 0 Å². The van der Waals surface area contributed by atoms with E-state index in [-0.39, 0.29) is 23.9 Å². The van der Waals surface area contributed by atoms with Crippen molar-refractivity contribution in [2.75, 3.05) is 0 Å². The van der Waals surface area contributed by atoms with E-state index < -0.39 is 6.10 Å². The Bertz CT molecular complexity index is 828. The molecule has 2 aromatic rings. The molecule has 2 atom stereocenters. The summed E-state index contributed by atoms with van der Waals surface area (Å²) in [5.41, 5.74) is 3.01. The van der Waals surface area contributed by atoms with Crippen LogP contribution in [0.15, 0.2) is 29.1 Å². The minimum Gasteiger partial charge on any atom is -0.390 e. The first kappa shape index (κ1) is 16.4. The summed E-state index contributed by atoms with van der Waals surface area (Å²) in [6, 6.07) is 7.33. The number of rotatable bonds is 4. The molecule has 0 saturated heterocycles. The molecule has 1 amide bonds. The molecule has 6 nitrogen and oxygen atoms in total. The molecule has 1 aromatic carbocycles. The smallest absolute Gasteiger partial charge is 0.254 e. The quantitative estimate of drug-likeness (QED) is 0.783. The Balaban J connectivity index is 1.66. The van der Waals surface area contributed by atoms with Crippen LogP contribution in [0.1, 0.15) is 40.7 Å². The third-order valence-electron chi connectivity index (χ3n) is 4.46. The standard InChI is InChI=1S/C18H21N3O3/c1-10-13(18(24)20-11(2)19-10)7-8-16(23)21-17-14-6-4-3-5-12(14)9-15(17)22/h3-6,15,17,22H,7-9H2,1-2H3,(H,21,23)(H,19,20,24). The molecule has 0 fully saturated rings. The summed E-state index contributed by atoms with van der Waals surface area (Å²) < 4.78 is 0. The van der Waals surface area contributed by atoms with Crippen LogP contribution in [0, 0.1) is 13.8 Å². The van der Waals surface area contributed by atoms with Gasteiger partial charge in [-0.15, -0.1) is 0 Å². The molecular formula is C18H21N3O3. The van der Waals surface area contributed by atoms with E-state index in [1.807, 2.05) is 24.3 Å². The Labute approximate surface area is 140 Å². The van der Waals surface area contributed by atoms with E-state index in [1.54, 1.807) is 13.8 Å². The Kier molecular flexibility index (Phi) is 4.49. The average molecular weight is 327 g/mol. The van der Waals surface area contributed by atoms with Crippen LogP contribution in [0.4, 0.5) is 0 Å². The summed E-state index contributed by atoms with van der Waals surface area (Å²) in [4.78, 5) is 31.1. The van der Waals surface area contributed by atoms with Gasteiger partial charge in [0.15, 0.2) is 0 Å². The van der Waals surface area contributed by atoms with Crippen LogP contribution in [-0.2, 0) is 17.6 Å². The molecular weight excluding hydrogens is 306 g/mol. The summed E-state index contributed by atoms with van der Waals surface area (Å²) in [5.74, 6) is 0.381. The summed E-state index contributed by atoms with van der Waals surface area (Å²) in [5, 5.41) is 13.1. The maximum atomic E-state index is 12.3. The average Bonchev–Trinajstić information content (AvgIpc) is 2.82. The molecule has 0 radical (unpaired) electrons. The second-order valence-corrected chi connectivity index (χ2v) is 6.23. The van der Waals surface area contributed by atoms with E-state index in [2.05, 4.69) is 15.3 Å². The summed E-state index contributed by atoms with van der Waals surface area (Å²) in [6.07, 6.45) is 0.435. The third-order valence-corrected chi connectivity index (χ3v) is 4.46. The molecule has 0 bridgehead atoms. The number of carbonyl (C=O) groups is 1. The van der Waals surface area contributed by atoms with Gasteiger partial charge in [0.1, 0.15) is 5.82 Å². The molecule has 3 rings (SSSR count). The zero-order valence-corrected chi connectivity index (χ0v) is 13.8. The second-order valence-electron chi connectivity index (χ2n) is 6.23. The van der Waals surface area contributed by atoms with Crippen molar-refractivity contribution in [3.63, 3.8) is 0 Å². The lowest BCUT2D eigenvalue weighted by Gasteiger charge is -2.18. The van der Waals surface area contributed by atoms with Crippen molar-refractivity contribution in [3.05, 3.63) is 62.8 Å². The highest BCUT2D eigenvalue weighted by molar-refractivity contribution is 5.77. The first-order valence-electron chi connectivity index (χ1n) is 8.07. The Hall–Kier alpha value is -2.47.